The fourth-order valence-corrected chi connectivity index (χ4v) is 3.72. The van der Waals surface area contributed by atoms with Gasteiger partial charge in [-0.05, 0) is 59.4 Å². The van der Waals surface area contributed by atoms with Crippen molar-refractivity contribution < 1.29 is 4.74 Å². The van der Waals surface area contributed by atoms with Gasteiger partial charge >= 0.3 is 0 Å². The van der Waals surface area contributed by atoms with Crippen LogP contribution in [0.5, 0.6) is 0 Å². The summed E-state index contributed by atoms with van der Waals surface area (Å²) in [6.07, 6.45) is 6.27. The number of morpholine rings is 1. The molecule has 1 saturated heterocycles. The largest absolute Gasteiger partial charge is 0.375 e. The van der Waals surface area contributed by atoms with Crippen molar-refractivity contribution in [1.82, 2.24) is 10.2 Å². The number of nitriles is 1. The van der Waals surface area contributed by atoms with Gasteiger partial charge in [0.15, 0.2) is 0 Å². The van der Waals surface area contributed by atoms with Gasteiger partial charge in [-0.1, -0.05) is 0 Å². The minimum atomic E-state index is -0.393. The van der Waals surface area contributed by atoms with Crippen LogP contribution < -0.4 is 5.32 Å². The number of nitrogens with zero attached hydrogens (tertiary/aromatic N) is 2. The zero-order chi connectivity index (χ0) is 14.6. The van der Waals surface area contributed by atoms with Crippen molar-refractivity contribution in [2.75, 3.05) is 19.7 Å². The standard InChI is InChI=1S/C16H29N3O/c1-13(2)18-16(3,12-17)8-5-9-19-10-11-20-15-7-4-6-14(15)19/h13-15,18H,4-11H2,1-3H3. The zero-order valence-electron chi connectivity index (χ0n) is 13.2. The van der Waals surface area contributed by atoms with Crippen molar-refractivity contribution in [3.63, 3.8) is 0 Å². The summed E-state index contributed by atoms with van der Waals surface area (Å²) >= 11 is 0. The molecule has 1 saturated carbocycles. The maximum atomic E-state index is 9.38. The van der Waals surface area contributed by atoms with E-state index in [1.165, 1.54) is 19.3 Å². The quantitative estimate of drug-likeness (QED) is 0.810. The van der Waals surface area contributed by atoms with E-state index < -0.39 is 5.54 Å². The van der Waals surface area contributed by atoms with E-state index in [-0.39, 0.29) is 0 Å². The van der Waals surface area contributed by atoms with Crippen LogP contribution in [0.4, 0.5) is 0 Å². The van der Waals surface area contributed by atoms with Gasteiger partial charge in [0.1, 0.15) is 5.54 Å². The number of hydrogen-bond acceptors (Lipinski definition) is 4. The lowest BCUT2D eigenvalue weighted by atomic mass is 9.96. The molecular formula is C16H29N3O. The molecule has 4 nitrogen and oxygen atoms in total. The molecule has 0 aromatic rings. The molecule has 3 unspecified atom stereocenters. The van der Waals surface area contributed by atoms with Crippen molar-refractivity contribution >= 4 is 0 Å². The summed E-state index contributed by atoms with van der Waals surface area (Å²) in [5, 5.41) is 12.8. The fraction of sp³-hybridized carbons (Fsp3) is 0.938. The zero-order valence-corrected chi connectivity index (χ0v) is 13.2. The Morgan fingerprint density at radius 1 is 1.45 bits per heavy atom. The van der Waals surface area contributed by atoms with Gasteiger partial charge in [0.25, 0.3) is 0 Å². The summed E-state index contributed by atoms with van der Waals surface area (Å²) in [7, 11) is 0. The van der Waals surface area contributed by atoms with E-state index in [2.05, 4.69) is 30.1 Å². The molecule has 114 valence electrons. The van der Waals surface area contributed by atoms with Crippen LogP contribution in [-0.2, 0) is 4.74 Å². The highest BCUT2D eigenvalue weighted by atomic mass is 16.5. The molecule has 0 aromatic carbocycles. The Kier molecular flexibility index (Phi) is 5.42. The molecule has 2 aliphatic rings. The van der Waals surface area contributed by atoms with Crippen molar-refractivity contribution in [2.24, 2.45) is 0 Å². The number of ether oxygens (including phenoxy) is 1. The van der Waals surface area contributed by atoms with Gasteiger partial charge in [-0.2, -0.15) is 5.26 Å². The van der Waals surface area contributed by atoms with Crippen molar-refractivity contribution in [3.8, 4) is 6.07 Å². The summed E-state index contributed by atoms with van der Waals surface area (Å²) in [5.41, 5.74) is -0.393. The molecule has 0 amide bonds. The molecule has 2 rings (SSSR count). The monoisotopic (exact) mass is 279 g/mol. The third-order valence-corrected chi connectivity index (χ3v) is 4.57. The van der Waals surface area contributed by atoms with Crippen LogP contribution in [0.25, 0.3) is 0 Å². The van der Waals surface area contributed by atoms with Gasteiger partial charge in [-0.3, -0.25) is 10.2 Å². The second-order valence-electron chi connectivity index (χ2n) is 6.79. The first kappa shape index (κ1) is 15.8. The average Bonchev–Trinajstić information content (AvgIpc) is 2.87. The normalized spacial score (nSPS) is 29.9. The van der Waals surface area contributed by atoms with Gasteiger partial charge in [-0.25, -0.2) is 0 Å². The smallest absolute Gasteiger partial charge is 0.104 e. The maximum absolute atomic E-state index is 9.38. The lowest BCUT2D eigenvalue weighted by Gasteiger charge is -2.38. The molecule has 0 aromatic heterocycles. The summed E-state index contributed by atoms with van der Waals surface area (Å²) < 4.78 is 5.85. The van der Waals surface area contributed by atoms with Crippen LogP contribution in [-0.4, -0.2) is 48.3 Å². The van der Waals surface area contributed by atoms with E-state index >= 15 is 0 Å². The molecular weight excluding hydrogens is 250 g/mol. The van der Waals surface area contributed by atoms with Crippen LogP contribution in [0.1, 0.15) is 52.9 Å². The summed E-state index contributed by atoms with van der Waals surface area (Å²) in [4.78, 5) is 2.59. The average molecular weight is 279 g/mol. The van der Waals surface area contributed by atoms with Crippen molar-refractivity contribution in [2.45, 2.75) is 76.6 Å². The summed E-state index contributed by atoms with van der Waals surface area (Å²) in [6.45, 7) is 9.25. The molecule has 4 heteroatoms. The Balaban J connectivity index is 1.78. The van der Waals surface area contributed by atoms with Gasteiger partial charge in [0.05, 0.1) is 18.8 Å². The highest BCUT2D eigenvalue weighted by Gasteiger charge is 2.35. The Morgan fingerprint density at radius 2 is 2.25 bits per heavy atom. The van der Waals surface area contributed by atoms with E-state index in [1.54, 1.807) is 0 Å². The summed E-state index contributed by atoms with van der Waals surface area (Å²) in [6, 6.07) is 3.42. The van der Waals surface area contributed by atoms with Gasteiger partial charge < -0.3 is 4.74 Å². The minimum absolute atomic E-state index is 0.349. The highest BCUT2D eigenvalue weighted by Crippen LogP contribution is 2.30. The SMILES string of the molecule is CC(C)NC(C)(C#N)CCCN1CCOC2CCCC21. The van der Waals surface area contributed by atoms with Crippen molar-refractivity contribution in [3.05, 3.63) is 0 Å². The first-order valence-electron chi connectivity index (χ1n) is 8.09. The molecule has 1 aliphatic heterocycles. The number of rotatable bonds is 6. The van der Waals surface area contributed by atoms with Gasteiger partial charge in [-0.15, -0.1) is 0 Å². The Hall–Kier alpha value is -0.630. The van der Waals surface area contributed by atoms with E-state index in [1.807, 2.05) is 6.92 Å². The molecule has 0 bridgehead atoms. The first-order chi connectivity index (χ1) is 9.54. The van der Waals surface area contributed by atoms with Gasteiger partial charge in [0.2, 0.25) is 0 Å². The molecule has 1 aliphatic carbocycles. The van der Waals surface area contributed by atoms with Crippen LogP contribution >= 0.6 is 0 Å². The molecule has 1 heterocycles. The predicted octanol–water partition coefficient (Wildman–Crippen LogP) is 2.30. The maximum Gasteiger partial charge on any atom is 0.104 e. The Labute approximate surface area is 123 Å². The third-order valence-electron chi connectivity index (χ3n) is 4.57. The first-order valence-corrected chi connectivity index (χ1v) is 8.09. The second kappa shape index (κ2) is 6.89. The van der Waals surface area contributed by atoms with Crippen LogP contribution in [0, 0.1) is 11.3 Å². The van der Waals surface area contributed by atoms with Crippen LogP contribution in [0.3, 0.4) is 0 Å². The second-order valence-corrected chi connectivity index (χ2v) is 6.79. The summed E-state index contributed by atoms with van der Waals surface area (Å²) in [5.74, 6) is 0. The number of hydrogen-bond donors (Lipinski definition) is 1. The topological polar surface area (TPSA) is 48.3 Å². The predicted molar refractivity (Wildman–Crippen MR) is 80.5 cm³/mol. The molecule has 2 fully saturated rings. The fourth-order valence-electron chi connectivity index (χ4n) is 3.72. The number of fused-ring (bicyclic) bond motifs is 1. The van der Waals surface area contributed by atoms with E-state index in [0.717, 1.165) is 32.5 Å². The lowest BCUT2D eigenvalue weighted by molar-refractivity contribution is -0.0561. The molecule has 1 N–H and O–H groups in total. The van der Waals surface area contributed by atoms with Crippen LogP contribution in [0.15, 0.2) is 0 Å². The number of nitrogens with one attached hydrogen (secondary N) is 1. The van der Waals surface area contributed by atoms with Gasteiger partial charge in [0, 0.05) is 18.6 Å². The van der Waals surface area contributed by atoms with E-state index in [4.69, 9.17) is 4.74 Å². The Bertz CT molecular complexity index is 352. The minimum Gasteiger partial charge on any atom is -0.375 e. The Morgan fingerprint density at radius 3 is 2.95 bits per heavy atom. The van der Waals surface area contributed by atoms with Crippen LogP contribution in [0.2, 0.25) is 0 Å². The molecule has 0 spiro atoms. The molecule has 3 atom stereocenters. The highest BCUT2D eigenvalue weighted by molar-refractivity contribution is 5.04. The third kappa shape index (κ3) is 3.94. The van der Waals surface area contributed by atoms with Crippen molar-refractivity contribution in [1.29, 1.82) is 5.26 Å². The van der Waals surface area contributed by atoms with E-state index in [0.29, 0.717) is 18.2 Å². The van der Waals surface area contributed by atoms with E-state index in [9.17, 15) is 5.26 Å². The lowest BCUT2D eigenvalue weighted by Crippen LogP contribution is -2.49. The molecule has 20 heavy (non-hydrogen) atoms. The molecule has 0 radical (unpaired) electrons.